The summed E-state index contributed by atoms with van der Waals surface area (Å²) < 4.78 is 0. The number of aliphatic hydroxyl groups is 1. The van der Waals surface area contributed by atoms with Crippen molar-refractivity contribution in [3.63, 3.8) is 0 Å². The number of aryl methyl sites for hydroxylation is 1. The lowest BCUT2D eigenvalue weighted by molar-refractivity contribution is -0.117. The number of hydrogen-bond acceptors (Lipinski definition) is 3. The van der Waals surface area contributed by atoms with Gasteiger partial charge in [-0.1, -0.05) is 25.1 Å². The Balaban J connectivity index is 2.52. The number of anilines is 1. The highest BCUT2D eigenvalue weighted by molar-refractivity contribution is 5.92. The van der Waals surface area contributed by atoms with E-state index in [1.54, 1.807) is 0 Å². The molecule has 0 aliphatic rings. The molecule has 0 saturated heterocycles. The van der Waals surface area contributed by atoms with Gasteiger partial charge in [-0.15, -0.1) is 0 Å². The van der Waals surface area contributed by atoms with Crippen LogP contribution in [0.25, 0.3) is 0 Å². The van der Waals surface area contributed by atoms with Gasteiger partial charge < -0.3 is 10.4 Å². The van der Waals surface area contributed by atoms with Crippen molar-refractivity contribution >= 4 is 11.6 Å². The second-order valence-corrected chi connectivity index (χ2v) is 4.36. The molecule has 2 N–H and O–H groups in total. The van der Waals surface area contributed by atoms with E-state index in [1.165, 1.54) is 0 Å². The first-order valence-electron chi connectivity index (χ1n) is 6.36. The van der Waals surface area contributed by atoms with E-state index >= 15 is 0 Å². The summed E-state index contributed by atoms with van der Waals surface area (Å²) in [5.41, 5.74) is 1.90. The molecule has 0 aliphatic heterocycles. The minimum absolute atomic E-state index is 0.0359. The zero-order valence-electron chi connectivity index (χ0n) is 11.1. The van der Waals surface area contributed by atoms with Crippen LogP contribution in [0.3, 0.4) is 0 Å². The standard InChI is InChI=1S/C14H22N2O2/c1-3-8-16(9-10-17)11-14(18)15-13-7-5-4-6-12(13)2/h4-7,17H,3,8-11H2,1-2H3,(H,15,18). The zero-order chi connectivity index (χ0) is 13.4. The molecule has 0 spiro atoms. The average Bonchev–Trinajstić information content (AvgIpc) is 2.33. The van der Waals surface area contributed by atoms with E-state index in [4.69, 9.17) is 5.11 Å². The van der Waals surface area contributed by atoms with Gasteiger partial charge in [0.15, 0.2) is 0 Å². The van der Waals surface area contributed by atoms with Crippen LogP contribution in [-0.4, -0.2) is 42.2 Å². The van der Waals surface area contributed by atoms with E-state index in [2.05, 4.69) is 12.2 Å². The molecule has 0 bridgehead atoms. The lowest BCUT2D eigenvalue weighted by Gasteiger charge is -2.20. The number of rotatable bonds is 7. The van der Waals surface area contributed by atoms with Crippen molar-refractivity contribution in [3.05, 3.63) is 29.8 Å². The molecule has 100 valence electrons. The fraction of sp³-hybridized carbons (Fsp3) is 0.500. The van der Waals surface area contributed by atoms with Crippen LogP contribution >= 0.6 is 0 Å². The Hall–Kier alpha value is -1.39. The Kier molecular flexibility index (Phi) is 6.39. The largest absolute Gasteiger partial charge is 0.395 e. The molecule has 1 amide bonds. The van der Waals surface area contributed by atoms with Crippen molar-refractivity contribution in [3.8, 4) is 0 Å². The molecule has 0 fully saturated rings. The first-order chi connectivity index (χ1) is 8.67. The van der Waals surface area contributed by atoms with Gasteiger partial charge in [-0.2, -0.15) is 0 Å². The van der Waals surface area contributed by atoms with Crippen LogP contribution in [0.5, 0.6) is 0 Å². The minimum atomic E-state index is -0.0359. The number of hydrogen-bond donors (Lipinski definition) is 2. The molecule has 0 saturated carbocycles. The SMILES string of the molecule is CCCN(CCO)CC(=O)Nc1ccccc1C. The van der Waals surface area contributed by atoms with E-state index in [9.17, 15) is 4.79 Å². The van der Waals surface area contributed by atoms with E-state index in [0.717, 1.165) is 24.2 Å². The van der Waals surface area contributed by atoms with Crippen LogP contribution in [0.15, 0.2) is 24.3 Å². The number of nitrogens with zero attached hydrogens (tertiary/aromatic N) is 1. The highest BCUT2D eigenvalue weighted by Crippen LogP contribution is 2.12. The first-order valence-corrected chi connectivity index (χ1v) is 6.36. The molecule has 0 aliphatic carbocycles. The third kappa shape index (κ3) is 4.85. The number of nitrogens with one attached hydrogen (secondary N) is 1. The van der Waals surface area contributed by atoms with E-state index in [1.807, 2.05) is 36.1 Å². The van der Waals surface area contributed by atoms with Gasteiger partial charge in [0.1, 0.15) is 0 Å². The Morgan fingerprint density at radius 1 is 1.33 bits per heavy atom. The van der Waals surface area contributed by atoms with E-state index < -0.39 is 0 Å². The van der Waals surface area contributed by atoms with Gasteiger partial charge in [0.25, 0.3) is 0 Å². The molecule has 4 heteroatoms. The van der Waals surface area contributed by atoms with Crippen LogP contribution in [0.2, 0.25) is 0 Å². The summed E-state index contributed by atoms with van der Waals surface area (Å²) in [6, 6.07) is 7.71. The molecule has 4 nitrogen and oxygen atoms in total. The Morgan fingerprint density at radius 2 is 2.06 bits per heavy atom. The molecule has 1 aromatic carbocycles. The minimum Gasteiger partial charge on any atom is -0.395 e. The Bertz CT molecular complexity index is 374. The first kappa shape index (κ1) is 14.7. The molecule has 0 aromatic heterocycles. The van der Waals surface area contributed by atoms with Crippen molar-refractivity contribution in [2.45, 2.75) is 20.3 Å². The second kappa shape index (κ2) is 7.84. The summed E-state index contributed by atoms with van der Waals surface area (Å²) in [5.74, 6) is -0.0359. The van der Waals surface area contributed by atoms with Gasteiger partial charge in [0.05, 0.1) is 13.2 Å². The third-order valence-electron chi connectivity index (χ3n) is 2.74. The molecule has 1 rings (SSSR count). The number of benzene rings is 1. The molecular formula is C14H22N2O2. The van der Waals surface area contributed by atoms with Crippen molar-refractivity contribution in [1.29, 1.82) is 0 Å². The van der Waals surface area contributed by atoms with E-state index in [-0.39, 0.29) is 12.5 Å². The van der Waals surface area contributed by atoms with Crippen molar-refractivity contribution in [2.75, 3.05) is 31.6 Å². The van der Waals surface area contributed by atoms with Gasteiger partial charge in [-0.05, 0) is 31.5 Å². The fourth-order valence-corrected chi connectivity index (χ4v) is 1.83. The molecule has 0 unspecified atom stereocenters. The lowest BCUT2D eigenvalue weighted by atomic mass is 10.2. The predicted molar refractivity (Wildman–Crippen MR) is 73.6 cm³/mol. The quantitative estimate of drug-likeness (QED) is 0.773. The normalized spacial score (nSPS) is 10.7. The van der Waals surface area contributed by atoms with Gasteiger partial charge in [-0.3, -0.25) is 9.69 Å². The number of carbonyl (C=O) groups is 1. The summed E-state index contributed by atoms with van der Waals surface area (Å²) in [4.78, 5) is 13.8. The third-order valence-corrected chi connectivity index (χ3v) is 2.74. The highest BCUT2D eigenvalue weighted by Gasteiger charge is 2.10. The zero-order valence-corrected chi connectivity index (χ0v) is 11.1. The number of aliphatic hydroxyl groups excluding tert-OH is 1. The average molecular weight is 250 g/mol. The van der Waals surface area contributed by atoms with Crippen LogP contribution in [0.1, 0.15) is 18.9 Å². The maximum atomic E-state index is 11.9. The summed E-state index contributed by atoms with van der Waals surface area (Å²) in [7, 11) is 0. The van der Waals surface area contributed by atoms with Crippen molar-refractivity contribution < 1.29 is 9.90 Å². The molecule has 1 aromatic rings. The van der Waals surface area contributed by atoms with E-state index in [0.29, 0.717) is 13.1 Å². The molecular weight excluding hydrogens is 228 g/mol. The number of para-hydroxylation sites is 1. The summed E-state index contributed by atoms with van der Waals surface area (Å²) in [6.07, 6.45) is 0.970. The predicted octanol–water partition coefficient (Wildman–Crippen LogP) is 1.64. The van der Waals surface area contributed by atoms with Crippen LogP contribution in [0, 0.1) is 6.92 Å². The highest BCUT2D eigenvalue weighted by atomic mass is 16.3. The van der Waals surface area contributed by atoms with Gasteiger partial charge >= 0.3 is 0 Å². The second-order valence-electron chi connectivity index (χ2n) is 4.36. The number of amides is 1. The molecule has 0 heterocycles. The van der Waals surface area contributed by atoms with Crippen LogP contribution in [0.4, 0.5) is 5.69 Å². The fourth-order valence-electron chi connectivity index (χ4n) is 1.83. The van der Waals surface area contributed by atoms with Gasteiger partial charge in [0, 0.05) is 12.2 Å². The lowest BCUT2D eigenvalue weighted by Crippen LogP contribution is -2.35. The molecule has 0 radical (unpaired) electrons. The maximum absolute atomic E-state index is 11.9. The summed E-state index contributed by atoms with van der Waals surface area (Å²) in [6.45, 7) is 5.79. The smallest absolute Gasteiger partial charge is 0.238 e. The van der Waals surface area contributed by atoms with Crippen molar-refractivity contribution in [2.24, 2.45) is 0 Å². The topological polar surface area (TPSA) is 52.6 Å². The summed E-state index contributed by atoms with van der Waals surface area (Å²) in [5, 5.41) is 11.8. The molecule has 0 atom stereocenters. The van der Waals surface area contributed by atoms with Crippen molar-refractivity contribution in [1.82, 2.24) is 4.90 Å². The summed E-state index contributed by atoms with van der Waals surface area (Å²) >= 11 is 0. The van der Waals surface area contributed by atoms with Crippen LogP contribution in [-0.2, 0) is 4.79 Å². The van der Waals surface area contributed by atoms with Gasteiger partial charge in [0.2, 0.25) is 5.91 Å². The Morgan fingerprint density at radius 3 is 2.67 bits per heavy atom. The van der Waals surface area contributed by atoms with Crippen LogP contribution < -0.4 is 5.32 Å². The Labute approximate surface area is 109 Å². The molecule has 18 heavy (non-hydrogen) atoms. The maximum Gasteiger partial charge on any atom is 0.238 e. The van der Waals surface area contributed by atoms with Gasteiger partial charge in [-0.25, -0.2) is 0 Å². The monoisotopic (exact) mass is 250 g/mol. The number of carbonyl (C=O) groups excluding carboxylic acids is 1.